The molecule has 0 saturated carbocycles. The maximum atomic E-state index is 12.3. The minimum atomic E-state index is -4.74. The number of nitrogens with zero attached hydrogens (tertiary/aromatic N) is 7. The molecule has 62 heavy (non-hydrogen) atoms. The van der Waals surface area contributed by atoms with Crippen LogP contribution in [0.1, 0.15) is 40.3 Å². The fourth-order valence-corrected chi connectivity index (χ4v) is 6.09. The molecule has 4 heterocycles. The van der Waals surface area contributed by atoms with E-state index in [-0.39, 0.29) is 35.9 Å². The van der Waals surface area contributed by atoms with Gasteiger partial charge in [-0.25, -0.2) is 19.9 Å². The van der Waals surface area contributed by atoms with Gasteiger partial charge in [-0.15, -0.1) is 26.3 Å². The van der Waals surface area contributed by atoms with Crippen LogP contribution in [0.4, 0.5) is 32.0 Å². The number of fused-ring (bicyclic) bond motifs is 2. The van der Waals surface area contributed by atoms with Crippen molar-refractivity contribution in [3.63, 3.8) is 0 Å². The number of hydrogen-bond acceptors (Lipinski definition) is 10. The van der Waals surface area contributed by atoms with Gasteiger partial charge in [-0.2, -0.15) is 0 Å². The molecule has 0 aliphatic heterocycles. The van der Waals surface area contributed by atoms with Crippen molar-refractivity contribution < 1.29 is 50.6 Å². The molecule has 0 bridgehead atoms. The third-order valence-corrected chi connectivity index (χ3v) is 8.82. The first-order valence-electron chi connectivity index (χ1n) is 17.7. The number of aromatic nitrogens is 6. The van der Waals surface area contributed by atoms with Crippen LogP contribution in [0.15, 0.2) is 128 Å². The summed E-state index contributed by atoms with van der Waals surface area (Å²) in [5, 5.41) is 21.3. The minimum absolute atomic E-state index is 0. The Morgan fingerprint density at radius 3 is 1.68 bits per heavy atom. The molecule has 0 atom stereocenters. The maximum Gasteiger partial charge on any atom is 0.573 e. The van der Waals surface area contributed by atoms with E-state index in [1.165, 1.54) is 73.1 Å². The number of non-ortho nitro benzene ring substituents is 1. The number of ether oxygens (including phenoxy) is 2. The third kappa shape index (κ3) is 10.8. The molecule has 4 aromatic carbocycles. The van der Waals surface area contributed by atoms with Crippen LogP contribution in [0.2, 0.25) is 0 Å². The predicted molar refractivity (Wildman–Crippen MR) is 212 cm³/mol. The molecule has 0 aliphatic carbocycles. The fraction of sp³-hybridized carbons (Fsp3) is 0.119. The number of rotatable bonds is 10. The van der Waals surface area contributed by atoms with Crippen LogP contribution in [0.3, 0.4) is 0 Å². The van der Waals surface area contributed by atoms with Crippen molar-refractivity contribution in [3.8, 4) is 39.8 Å². The van der Waals surface area contributed by atoms with Crippen LogP contribution >= 0.6 is 0 Å². The van der Waals surface area contributed by atoms with E-state index in [1.807, 2.05) is 0 Å². The summed E-state index contributed by atoms with van der Waals surface area (Å²) in [6.45, 7) is 0. The van der Waals surface area contributed by atoms with Crippen LogP contribution in [0, 0.1) is 10.1 Å². The summed E-state index contributed by atoms with van der Waals surface area (Å²) >= 11 is 0. The zero-order valence-corrected chi connectivity index (χ0v) is 31.0. The number of hydrogen-bond donors (Lipinski definition) is 2. The average molecular weight is 859 g/mol. The highest BCUT2D eigenvalue weighted by Crippen LogP contribution is 2.32. The third-order valence-electron chi connectivity index (χ3n) is 8.82. The van der Waals surface area contributed by atoms with Gasteiger partial charge in [-0.05, 0) is 47.5 Å². The smallest absolute Gasteiger partial charge is 0.506 e. The number of aromatic hydroxyl groups is 1. The second-order valence-electron chi connectivity index (χ2n) is 13.2. The SMILES string of the molecule is C.NC(=O)c1cccc(-c2cn3cnc(Cc4ccc(OC(F)(F)F)cc4)cc3n2)c1O.O=[N+]([O-])c1cccc(-c2cn3cnc(Cc4ccc(OC(F)(F)F)cc4)cc3n2)c1. The van der Waals surface area contributed by atoms with Crippen molar-refractivity contribution in [2.75, 3.05) is 0 Å². The number of amides is 1. The van der Waals surface area contributed by atoms with Crippen molar-refractivity contribution in [2.45, 2.75) is 33.0 Å². The maximum absolute atomic E-state index is 12.3. The summed E-state index contributed by atoms with van der Waals surface area (Å²) in [7, 11) is 0. The number of benzene rings is 4. The van der Waals surface area contributed by atoms with E-state index in [2.05, 4.69) is 29.4 Å². The van der Waals surface area contributed by atoms with Crippen LogP contribution in [-0.4, -0.2) is 57.4 Å². The van der Waals surface area contributed by atoms with Crippen LogP contribution in [0.5, 0.6) is 17.2 Å². The Bertz CT molecular complexity index is 2880. The summed E-state index contributed by atoms with van der Waals surface area (Å²) in [4.78, 5) is 39.6. The number of carbonyl (C=O) groups is 1. The molecule has 20 heteroatoms. The van der Waals surface area contributed by atoms with Crippen LogP contribution < -0.4 is 15.2 Å². The lowest BCUT2D eigenvalue weighted by atomic mass is 10.1. The molecule has 0 aliphatic rings. The summed E-state index contributed by atoms with van der Waals surface area (Å²) in [5.74, 6) is -1.59. The number of nitro groups is 1. The first-order valence-corrected chi connectivity index (χ1v) is 17.7. The number of halogens is 6. The molecule has 0 saturated heterocycles. The Kier molecular flexibility index (Phi) is 12.4. The van der Waals surface area contributed by atoms with Gasteiger partial charge in [0.05, 0.1) is 33.3 Å². The Labute approximate surface area is 346 Å². The van der Waals surface area contributed by atoms with E-state index in [9.17, 15) is 46.4 Å². The van der Waals surface area contributed by atoms with Gasteiger partial charge in [0.2, 0.25) is 0 Å². The molecule has 1 amide bonds. The van der Waals surface area contributed by atoms with Gasteiger partial charge in [0.1, 0.15) is 41.2 Å². The molecule has 0 spiro atoms. The summed E-state index contributed by atoms with van der Waals surface area (Å²) < 4.78 is 84.6. The Morgan fingerprint density at radius 1 is 0.710 bits per heavy atom. The standard InChI is InChI=1S/C21H15F3N4O3.C20H13F3N4O3.CH4/c22-21(23,24)31-14-6-4-12(5-7-14)8-13-9-18-27-17(10-28(18)11-26-13)15-2-1-3-16(19(15)29)20(25)30;21-20(22,23)30-17-6-4-13(5-7-17)8-15-10-19-25-18(11-26(19)12-24-15)14-2-1-3-16(9-14)27(28)29;/h1-7,9-11,29H,8H2,(H2,25,30);1-7,9-12H,8H2;1H4. The van der Waals surface area contributed by atoms with E-state index in [0.717, 1.165) is 11.1 Å². The summed E-state index contributed by atoms with van der Waals surface area (Å²) in [6.07, 6.45) is -2.24. The van der Waals surface area contributed by atoms with E-state index in [1.54, 1.807) is 63.9 Å². The number of imidazole rings is 2. The molecule has 8 rings (SSSR count). The second kappa shape index (κ2) is 17.7. The lowest BCUT2D eigenvalue weighted by Crippen LogP contribution is -2.17. The molecular weight excluding hydrogens is 826 g/mol. The highest BCUT2D eigenvalue weighted by molar-refractivity contribution is 5.98. The van der Waals surface area contributed by atoms with Crippen molar-refractivity contribution >= 4 is 22.9 Å². The number of phenols is 1. The average Bonchev–Trinajstić information content (AvgIpc) is 3.83. The topological polar surface area (TPSA) is 185 Å². The van der Waals surface area contributed by atoms with Crippen molar-refractivity contribution in [1.29, 1.82) is 0 Å². The van der Waals surface area contributed by atoms with Crippen molar-refractivity contribution in [3.05, 3.63) is 166 Å². The highest BCUT2D eigenvalue weighted by atomic mass is 19.4. The molecule has 0 unspecified atom stereocenters. The van der Waals surface area contributed by atoms with Gasteiger partial charge in [0.15, 0.2) is 0 Å². The fourth-order valence-electron chi connectivity index (χ4n) is 6.09. The number of primary amides is 1. The van der Waals surface area contributed by atoms with Gasteiger partial charge in [0.25, 0.3) is 11.6 Å². The molecule has 0 radical (unpaired) electrons. The molecule has 4 aromatic heterocycles. The van der Waals surface area contributed by atoms with E-state index in [4.69, 9.17) is 5.73 Å². The Morgan fingerprint density at radius 2 is 1.19 bits per heavy atom. The van der Waals surface area contributed by atoms with E-state index in [0.29, 0.717) is 58.0 Å². The molecule has 8 aromatic rings. The molecule has 14 nitrogen and oxygen atoms in total. The number of nitro benzene ring substituents is 1. The van der Waals surface area contributed by atoms with Gasteiger partial charge < -0.3 is 20.3 Å². The van der Waals surface area contributed by atoms with Gasteiger partial charge in [0, 0.05) is 60.6 Å². The first-order chi connectivity index (χ1) is 29.0. The van der Waals surface area contributed by atoms with E-state index >= 15 is 0 Å². The van der Waals surface area contributed by atoms with Crippen LogP contribution in [-0.2, 0) is 12.8 Å². The number of nitrogens with two attached hydrogens (primary N) is 1. The number of carbonyl (C=O) groups excluding carboxylic acids is 1. The Balaban J connectivity index is 0.000000204. The summed E-state index contributed by atoms with van der Waals surface area (Å²) in [5.41, 5.74) is 11.1. The van der Waals surface area contributed by atoms with E-state index < -0.39 is 23.6 Å². The zero-order chi connectivity index (χ0) is 43.5. The van der Waals surface area contributed by atoms with Gasteiger partial charge >= 0.3 is 12.7 Å². The Hall–Kier alpha value is -8.03. The number of para-hydroxylation sites is 1. The molecule has 318 valence electrons. The zero-order valence-electron chi connectivity index (χ0n) is 31.0. The van der Waals surface area contributed by atoms with Gasteiger partial charge in [-0.3, -0.25) is 23.7 Å². The van der Waals surface area contributed by atoms with Gasteiger partial charge in [-0.1, -0.05) is 49.9 Å². The lowest BCUT2D eigenvalue weighted by molar-refractivity contribution is -0.384. The molecular formula is C42H32F6N8O6. The quantitative estimate of drug-likeness (QED) is 0.0764. The first kappa shape index (κ1) is 43.5. The lowest BCUT2D eigenvalue weighted by Gasteiger charge is -2.09. The minimum Gasteiger partial charge on any atom is -0.506 e. The van der Waals surface area contributed by atoms with Crippen LogP contribution in [0.25, 0.3) is 33.8 Å². The molecule has 0 fully saturated rings. The largest absolute Gasteiger partial charge is 0.573 e. The van der Waals surface area contributed by atoms with Crippen molar-refractivity contribution in [2.24, 2.45) is 5.73 Å². The second-order valence-corrected chi connectivity index (χ2v) is 13.2. The predicted octanol–water partition coefficient (Wildman–Crippen LogP) is 9.12. The highest BCUT2D eigenvalue weighted by Gasteiger charge is 2.31. The molecule has 3 N–H and O–H groups in total. The normalized spacial score (nSPS) is 11.4. The van der Waals surface area contributed by atoms with Crippen molar-refractivity contribution in [1.82, 2.24) is 28.7 Å². The summed E-state index contributed by atoms with van der Waals surface area (Å²) in [6, 6.07) is 25.4. The number of alkyl halides is 6. The monoisotopic (exact) mass is 858 g/mol.